The molecule has 0 fully saturated rings. The highest BCUT2D eigenvalue weighted by atomic mass is 127. The number of pyridine rings is 1. The average molecular weight is 556 g/mol. The van der Waals surface area contributed by atoms with Crippen molar-refractivity contribution >= 4 is 35.8 Å². The maximum atomic E-state index is 10.6. The Bertz CT molecular complexity index is 810. The molecule has 7 nitrogen and oxygen atoms in total. The van der Waals surface area contributed by atoms with E-state index in [4.69, 9.17) is 4.74 Å². The largest absolute Gasteiger partial charge is 0.491 e. The lowest BCUT2D eigenvalue weighted by Crippen LogP contribution is -2.39. The minimum absolute atomic E-state index is 0. The number of aromatic nitrogens is 1. The molecule has 0 radical (unpaired) electrons. The molecule has 0 amide bonds. The van der Waals surface area contributed by atoms with Gasteiger partial charge in [-0.2, -0.15) is 0 Å². The van der Waals surface area contributed by atoms with Crippen molar-refractivity contribution in [1.82, 2.24) is 15.6 Å². The lowest BCUT2D eigenvalue weighted by molar-refractivity contribution is 0.179. The topological polar surface area (TPSA) is 82.0 Å². The number of nitrogens with zero attached hydrogens (tertiary/aromatic N) is 3. The first kappa shape index (κ1) is 28.0. The molecule has 0 bridgehead atoms. The number of rotatable bonds is 11. The Morgan fingerprint density at radius 1 is 1.12 bits per heavy atom. The molecular weight excluding hydrogens is 517 g/mol. The van der Waals surface area contributed by atoms with Crippen LogP contribution in [0.15, 0.2) is 47.6 Å². The van der Waals surface area contributed by atoms with Crippen LogP contribution in [0.5, 0.6) is 5.75 Å². The number of benzene rings is 1. The summed E-state index contributed by atoms with van der Waals surface area (Å²) in [6.45, 7) is 13.7. The maximum Gasteiger partial charge on any atom is 0.191 e. The SMILES string of the molecule is CCNC(=NCc1ccc(N(CC)CC)nc1)NCC(O)c1cccc(OC(C)C)c1.I. The fourth-order valence-corrected chi connectivity index (χ4v) is 3.14. The van der Waals surface area contributed by atoms with Gasteiger partial charge in [0.25, 0.3) is 0 Å². The lowest BCUT2D eigenvalue weighted by atomic mass is 10.1. The maximum absolute atomic E-state index is 10.6. The third kappa shape index (κ3) is 9.20. The Morgan fingerprint density at radius 3 is 2.47 bits per heavy atom. The van der Waals surface area contributed by atoms with E-state index in [0.29, 0.717) is 19.0 Å². The molecule has 1 aromatic carbocycles. The van der Waals surface area contributed by atoms with Gasteiger partial charge in [0.15, 0.2) is 5.96 Å². The van der Waals surface area contributed by atoms with Gasteiger partial charge >= 0.3 is 0 Å². The van der Waals surface area contributed by atoms with E-state index in [0.717, 1.165) is 42.3 Å². The van der Waals surface area contributed by atoms with Crippen LogP contribution in [0.25, 0.3) is 0 Å². The van der Waals surface area contributed by atoms with Crippen molar-refractivity contribution in [3.8, 4) is 5.75 Å². The van der Waals surface area contributed by atoms with Crippen molar-refractivity contribution in [3.63, 3.8) is 0 Å². The fourth-order valence-electron chi connectivity index (χ4n) is 3.14. The van der Waals surface area contributed by atoms with E-state index in [1.165, 1.54) is 0 Å². The monoisotopic (exact) mass is 555 g/mol. The van der Waals surface area contributed by atoms with Crippen LogP contribution in [-0.4, -0.2) is 48.3 Å². The number of anilines is 1. The van der Waals surface area contributed by atoms with Gasteiger partial charge in [0, 0.05) is 32.4 Å². The zero-order valence-electron chi connectivity index (χ0n) is 19.8. The summed E-state index contributed by atoms with van der Waals surface area (Å²) in [4.78, 5) is 11.4. The molecule has 0 saturated heterocycles. The number of aliphatic imine (C=N–C) groups is 1. The van der Waals surface area contributed by atoms with Crippen LogP contribution in [-0.2, 0) is 6.54 Å². The molecule has 2 rings (SSSR count). The molecular formula is C24H38IN5O2. The van der Waals surface area contributed by atoms with Crippen molar-refractivity contribution in [2.45, 2.75) is 53.4 Å². The first-order valence-electron chi connectivity index (χ1n) is 11.1. The Hall–Kier alpha value is -2.07. The summed E-state index contributed by atoms with van der Waals surface area (Å²) in [7, 11) is 0. The number of nitrogens with one attached hydrogen (secondary N) is 2. The van der Waals surface area contributed by atoms with Crippen molar-refractivity contribution in [3.05, 3.63) is 53.7 Å². The summed E-state index contributed by atoms with van der Waals surface area (Å²) >= 11 is 0. The number of guanidine groups is 1. The first-order chi connectivity index (χ1) is 15.0. The van der Waals surface area contributed by atoms with Crippen LogP contribution in [0.3, 0.4) is 0 Å². The number of halogens is 1. The van der Waals surface area contributed by atoms with Crippen LogP contribution >= 0.6 is 24.0 Å². The van der Waals surface area contributed by atoms with E-state index in [-0.39, 0.29) is 30.1 Å². The molecule has 32 heavy (non-hydrogen) atoms. The van der Waals surface area contributed by atoms with Gasteiger partial charge in [-0.25, -0.2) is 9.98 Å². The van der Waals surface area contributed by atoms with E-state index in [9.17, 15) is 5.11 Å². The quantitative estimate of drug-likeness (QED) is 0.220. The van der Waals surface area contributed by atoms with Crippen LogP contribution in [0.2, 0.25) is 0 Å². The van der Waals surface area contributed by atoms with Crippen molar-refractivity contribution in [2.24, 2.45) is 4.99 Å². The van der Waals surface area contributed by atoms with E-state index in [2.05, 4.69) is 45.4 Å². The molecule has 1 atom stereocenters. The molecule has 178 valence electrons. The van der Waals surface area contributed by atoms with Gasteiger partial charge in [-0.05, 0) is 63.9 Å². The average Bonchev–Trinajstić information content (AvgIpc) is 2.77. The number of hydrogen-bond donors (Lipinski definition) is 3. The van der Waals surface area contributed by atoms with Gasteiger partial charge in [-0.1, -0.05) is 18.2 Å². The van der Waals surface area contributed by atoms with Crippen molar-refractivity contribution in [2.75, 3.05) is 31.1 Å². The van der Waals surface area contributed by atoms with Crippen LogP contribution in [0.1, 0.15) is 51.8 Å². The van der Waals surface area contributed by atoms with E-state index >= 15 is 0 Å². The zero-order chi connectivity index (χ0) is 22.6. The van der Waals surface area contributed by atoms with Gasteiger partial charge < -0.3 is 25.4 Å². The molecule has 1 aromatic heterocycles. The van der Waals surface area contributed by atoms with E-state index in [1.54, 1.807) is 0 Å². The highest BCUT2D eigenvalue weighted by Crippen LogP contribution is 2.20. The van der Waals surface area contributed by atoms with Crippen LogP contribution < -0.4 is 20.3 Å². The zero-order valence-corrected chi connectivity index (χ0v) is 22.2. The van der Waals surface area contributed by atoms with Gasteiger partial charge in [-0.3, -0.25) is 0 Å². The molecule has 0 spiro atoms. The molecule has 0 aliphatic carbocycles. The number of ether oxygens (including phenoxy) is 1. The summed E-state index contributed by atoms with van der Waals surface area (Å²) in [5, 5.41) is 17.0. The van der Waals surface area contributed by atoms with Crippen LogP contribution in [0.4, 0.5) is 5.82 Å². The van der Waals surface area contributed by atoms with Crippen LogP contribution in [0, 0.1) is 0 Å². The number of hydrogen-bond acceptors (Lipinski definition) is 5. The smallest absolute Gasteiger partial charge is 0.191 e. The predicted octanol–water partition coefficient (Wildman–Crippen LogP) is 4.12. The van der Waals surface area contributed by atoms with Gasteiger partial charge in [0.1, 0.15) is 11.6 Å². The third-order valence-corrected chi connectivity index (χ3v) is 4.74. The second-order valence-electron chi connectivity index (χ2n) is 7.53. The Labute approximate surface area is 209 Å². The highest BCUT2D eigenvalue weighted by Gasteiger charge is 2.10. The number of aliphatic hydroxyl groups is 1. The predicted molar refractivity (Wildman–Crippen MR) is 143 cm³/mol. The molecule has 3 N–H and O–H groups in total. The number of aliphatic hydroxyl groups excluding tert-OH is 1. The summed E-state index contributed by atoms with van der Waals surface area (Å²) < 4.78 is 5.72. The normalized spacial score (nSPS) is 12.2. The van der Waals surface area contributed by atoms with Gasteiger partial charge in [-0.15, -0.1) is 24.0 Å². The summed E-state index contributed by atoms with van der Waals surface area (Å²) in [6.07, 6.45) is 1.29. The Morgan fingerprint density at radius 2 is 1.88 bits per heavy atom. The second-order valence-corrected chi connectivity index (χ2v) is 7.53. The van der Waals surface area contributed by atoms with E-state index in [1.807, 2.05) is 57.3 Å². The molecule has 1 heterocycles. The second kappa shape index (κ2) is 14.9. The van der Waals surface area contributed by atoms with E-state index < -0.39 is 6.10 Å². The molecule has 8 heteroatoms. The highest BCUT2D eigenvalue weighted by molar-refractivity contribution is 14.0. The summed E-state index contributed by atoms with van der Waals surface area (Å²) in [6, 6.07) is 11.7. The van der Waals surface area contributed by atoms with Gasteiger partial charge in [0.2, 0.25) is 0 Å². The third-order valence-electron chi connectivity index (χ3n) is 4.74. The minimum atomic E-state index is -0.672. The first-order valence-corrected chi connectivity index (χ1v) is 11.1. The molecule has 1 unspecified atom stereocenters. The molecule has 2 aromatic rings. The Balaban J connectivity index is 0.00000512. The lowest BCUT2D eigenvalue weighted by Gasteiger charge is -2.19. The molecule has 0 aliphatic rings. The summed E-state index contributed by atoms with van der Waals surface area (Å²) in [5.41, 5.74) is 1.84. The minimum Gasteiger partial charge on any atom is -0.491 e. The fraction of sp³-hybridized carbons (Fsp3) is 0.500. The van der Waals surface area contributed by atoms with Gasteiger partial charge in [0.05, 0.1) is 18.8 Å². The standard InChI is InChI=1S/C24H37N5O2.HI/c1-6-25-24(27-16-19-12-13-23(26-15-19)29(7-2)8-3)28-17-22(30)20-10-9-11-21(14-20)31-18(4)5;/h9-15,18,22,30H,6-8,16-17H2,1-5H3,(H2,25,27,28);1H. The van der Waals surface area contributed by atoms with Crippen molar-refractivity contribution in [1.29, 1.82) is 0 Å². The van der Waals surface area contributed by atoms with Crippen molar-refractivity contribution < 1.29 is 9.84 Å². The molecule has 0 saturated carbocycles. The summed E-state index contributed by atoms with van der Waals surface area (Å²) in [5.74, 6) is 2.39. The molecule has 0 aliphatic heterocycles. The Kier molecular flexibility index (Phi) is 13.0.